The van der Waals surface area contributed by atoms with Crippen LogP contribution in [0.3, 0.4) is 0 Å². The Bertz CT molecular complexity index is 788. The molecule has 2 saturated heterocycles. The van der Waals surface area contributed by atoms with Crippen LogP contribution >= 0.6 is 0 Å². The molecule has 3 rings (SSSR count). The molecule has 0 aromatic rings. The van der Waals surface area contributed by atoms with Gasteiger partial charge in [0.2, 0.25) is 0 Å². The fourth-order valence-corrected chi connectivity index (χ4v) is 5.78. The van der Waals surface area contributed by atoms with Crippen LogP contribution in [0.4, 0.5) is 0 Å². The molecule has 0 amide bonds. The van der Waals surface area contributed by atoms with E-state index in [4.69, 9.17) is 23.4 Å². The van der Waals surface area contributed by atoms with Gasteiger partial charge in [0.05, 0.1) is 25.0 Å². The van der Waals surface area contributed by atoms with Crippen molar-refractivity contribution in [2.24, 2.45) is 9.98 Å². The Balaban J connectivity index is 1.62. The van der Waals surface area contributed by atoms with Crippen LogP contribution in [0.1, 0.15) is 20.8 Å². The summed E-state index contributed by atoms with van der Waals surface area (Å²) in [7, 11) is -1.39. The third kappa shape index (κ3) is 6.15. The van der Waals surface area contributed by atoms with Gasteiger partial charge in [0.25, 0.3) is 0 Å². The summed E-state index contributed by atoms with van der Waals surface area (Å²) in [5.41, 5.74) is 0.683. The first kappa shape index (κ1) is 26.6. The van der Waals surface area contributed by atoms with Crippen LogP contribution in [-0.4, -0.2) is 91.2 Å². The summed E-state index contributed by atoms with van der Waals surface area (Å²) in [6.45, 7) is 24.4. The van der Waals surface area contributed by atoms with Gasteiger partial charge in [0.1, 0.15) is 18.9 Å². The molecule has 10 heteroatoms. The maximum absolute atomic E-state index is 6.60. The first-order valence-corrected chi connectivity index (χ1v) is 18.5. The fraction of sp³-hybridized carbons (Fsp3) is 0.826. The Morgan fingerprint density at radius 2 is 1.70 bits per heavy atom. The van der Waals surface area contributed by atoms with Gasteiger partial charge in [-0.1, -0.05) is 47.0 Å². The lowest BCUT2D eigenvalue weighted by Gasteiger charge is -2.39. The quantitative estimate of drug-likeness (QED) is 0.371. The third-order valence-corrected chi connectivity index (χ3v) is 13.1. The van der Waals surface area contributed by atoms with Crippen LogP contribution < -0.4 is 0 Å². The van der Waals surface area contributed by atoms with Crippen molar-refractivity contribution in [3.63, 3.8) is 0 Å². The normalized spacial score (nSPS) is 29.7. The molecule has 0 radical (unpaired) electrons. The molecule has 2 fully saturated rings. The number of nitrogens with zero attached hydrogens (tertiary/aromatic N) is 3. The molecule has 3 heterocycles. The first-order valence-electron chi connectivity index (χ1n) is 11.9. The zero-order chi connectivity index (χ0) is 24.6. The van der Waals surface area contributed by atoms with Crippen LogP contribution in [0.25, 0.3) is 0 Å². The molecule has 0 saturated carbocycles. The minimum Gasteiger partial charge on any atom is -0.456 e. The van der Waals surface area contributed by atoms with Crippen molar-refractivity contribution >= 4 is 28.2 Å². The lowest BCUT2D eigenvalue weighted by atomic mass is 10.1. The Kier molecular flexibility index (Phi) is 7.97. The molecule has 1 unspecified atom stereocenters. The van der Waals surface area contributed by atoms with E-state index in [0.29, 0.717) is 44.1 Å². The minimum absolute atomic E-state index is 0.0706. The van der Waals surface area contributed by atoms with E-state index < -0.39 is 16.4 Å². The molecule has 0 bridgehead atoms. The van der Waals surface area contributed by atoms with E-state index in [0.717, 1.165) is 6.04 Å². The number of amidine groups is 2. The second-order valence-corrected chi connectivity index (χ2v) is 22.2. The molecule has 0 N–H and O–H groups in total. The maximum Gasteiger partial charge on any atom is 0.301 e. The van der Waals surface area contributed by atoms with E-state index in [2.05, 4.69) is 70.1 Å². The Morgan fingerprint density at radius 1 is 1.09 bits per heavy atom. The zero-order valence-electron chi connectivity index (χ0n) is 21.9. The van der Waals surface area contributed by atoms with Crippen LogP contribution in [0.5, 0.6) is 0 Å². The molecule has 8 nitrogen and oxygen atoms in total. The Morgan fingerprint density at radius 3 is 2.27 bits per heavy atom. The smallest absolute Gasteiger partial charge is 0.301 e. The van der Waals surface area contributed by atoms with Gasteiger partial charge in [0, 0.05) is 21.7 Å². The molecular weight excluding hydrogens is 454 g/mol. The van der Waals surface area contributed by atoms with Gasteiger partial charge in [-0.2, -0.15) is 4.99 Å². The molecule has 0 aromatic carbocycles. The maximum atomic E-state index is 6.60. The van der Waals surface area contributed by atoms with Gasteiger partial charge >= 0.3 is 6.02 Å². The molecule has 3 aliphatic rings. The summed E-state index contributed by atoms with van der Waals surface area (Å²) in [5.74, 6) is 0.556. The second kappa shape index (κ2) is 9.90. The number of aliphatic imine (C=N–C) groups is 2. The average Bonchev–Trinajstić information content (AvgIpc) is 3.34. The summed E-state index contributed by atoms with van der Waals surface area (Å²) in [6, 6.07) is 1.54. The van der Waals surface area contributed by atoms with Crippen molar-refractivity contribution in [1.29, 1.82) is 0 Å². The number of ether oxygens (including phenoxy) is 4. The second-order valence-electron chi connectivity index (χ2n) is 11.8. The summed E-state index contributed by atoms with van der Waals surface area (Å²) < 4.78 is 31.1. The standard InChI is InChI=1S/C23H43N3O5Si2/c1-16-21(24-5)25-22(26(16)15-27-11-12-32(6,7)8)30-17-13-28-20-18(14-29-19(17)20)31-33(9,10)23(2,3)4/h17-20H,1,11-15H2,2-10H3/t17-,18?,19-,20-/m1/s1. The Hall–Kier alpha value is -1.05. The SMILES string of the molecule is C=C1C(=NC)N=C(O[C@@H]2CO[C@@H]3C(O[Si](C)(C)C(C)(C)C)CO[C@@H]32)N1COCC[Si](C)(C)C. The van der Waals surface area contributed by atoms with E-state index in [1.807, 2.05) is 4.90 Å². The number of rotatable bonds is 8. The predicted molar refractivity (Wildman–Crippen MR) is 137 cm³/mol. The van der Waals surface area contributed by atoms with Crippen LogP contribution in [0, 0.1) is 0 Å². The largest absolute Gasteiger partial charge is 0.456 e. The molecule has 0 aromatic heterocycles. The number of hydrogen-bond acceptors (Lipinski definition) is 7. The van der Waals surface area contributed by atoms with Crippen molar-refractivity contribution in [2.75, 3.05) is 33.6 Å². The highest BCUT2D eigenvalue weighted by Gasteiger charge is 2.53. The van der Waals surface area contributed by atoms with Crippen molar-refractivity contribution in [1.82, 2.24) is 4.90 Å². The molecule has 0 aliphatic carbocycles. The van der Waals surface area contributed by atoms with Gasteiger partial charge in [0.15, 0.2) is 20.3 Å². The average molecular weight is 498 g/mol. The van der Waals surface area contributed by atoms with Gasteiger partial charge in [-0.3, -0.25) is 9.89 Å². The summed E-state index contributed by atoms with van der Waals surface area (Å²) in [6.07, 6.45) is -0.655. The number of hydrogen-bond donors (Lipinski definition) is 0. The summed E-state index contributed by atoms with van der Waals surface area (Å²) >= 11 is 0. The third-order valence-electron chi connectivity index (χ3n) is 6.92. The highest BCUT2D eigenvalue weighted by molar-refractivity contribution is 6.76. The van der Waals surface area contributed by atoms with Crippen LogP contribution in [0.15, 0.2) is 22.3 Å². The van der Waals surface area contributed by atoms with Crippen molar-refractivity contribution in [3.05, 3.63) is 12.3 Å². The predicted octanol–water partition coefficient (Wildman–Crippen LogP) is 4.09. The monoisotopic (exact) mass is 497 g/mol. The van der Waals surface area contributed by atoms with Gasteiger partial charge in [-0.05, 0) is 24.2 Å². The van der Waals surface area contributed by atoms with Crippen LogP contribution in [-0.2, 0) is 23.4 Å². The first-order chi connectivity index (χ1) is 15.2. The van der Waals surface area contributed by atoms with E-state index in [-0.39, 0.29) is 29.5 Å². The van der Waals surface area contributed by atoms with E-state index in [1.54, 1.807) is 7.05 Å². The van der Waals surface area contributed by atoms with Crippen molar-refractivity contribution < 1.29 is 23.4 Å². The molecule has 188 valence electrons. The van der Waals surface area contributed by atoms with Gasteiger partial charge in [-0.25, -0.2) is 0 Å². The highest BCUT2D eigenvalue weighted by atomic mass is 28.4. The molecule has 4 atom stereocenters. The molecular formula is C23H43N3O5Si2. The summed E-state index contributed by atoms with van der Waals surface area (Å²) in [5, 5.41) is 0.129. The van der Waals surface area contributed by atoms with Gasteiger partial charge in [-0.15, -0.1) is 0 Å². The van der Waals surface area contributed by atoms with Crippen LogP contribution in [0.2, 0.25) is 43.8 Å². The van der Waals surface area contributed by atoms with E-state index in [9.17, 15) is 0 Å². The zero-order valence-corrected chi connectivity index (χ0v) is 23.9. The Labute approximate surface area is 201 Å². The van der Waals surface area contributed by atoms with Crippen molar-refractivity contribution in [3.8, 4) is 0 Å². The van der Waals surface area contributed by atoms with E-state index >= 15 is 0 Å². The topological polar surface area (TPSA) is 74.1 Å². The van der Waals surface area contributed by atoms with Gasteiger partial charge < -0.3 is 23.4 Å². The number of fused-ring (bicyclic) bond motifs is 1. The highest BCUT2D eigenvalue weighted by Crippen LogP contribution is 2.40. The molecule has 33 heavy (non-hydrogen) atoms. The van der Waals surface area contributed by atoms with Crippen molar-refractivity contribution in [2.45, 2.75) is 89.0 Å². The summed E-state index contributed by atoms with van der Waals surface area (Å²) in [4.78, 5) is 10.6. The minimum atomic E-state index is -1.93. The molecule has 0 spiro atoms. The lowest BCUT2D eigenvalue weighted by molar-refractivity contribution is 0.000665. The molecule has 3 aliphatic heterocycles. The lowest BCUT2D eigenvalue weighted by Crippen LogP contribution is -2.47. The fourth-order valence-electron chi connectivity index (χ4n) is 3.71. The van der Waals surface area contributed by atoms with E-state index in [1.165, 1.54) is 0 Å².